The highest BCUT2D eigenvalue weighted by Crippen LogP contribution is 2.17. The molecule has 0 aromatic rings. The Labute approximate surface area is 55.8 Å². The minimum absolute atomic E-state index is 0.240. The zero-order chi connectivity index (χ0) is 6.85. The number of hydrogen-bond acceptors (Lipinski definition) is 1. The third-order valence-corrected chi connectivity index (χ3v) is 2.00. The van der Waals surface area contributed by atoms with Crippen LogP contribution in [0.3, 0.4) is 0 Å². The van der Waals surface area contributed by atoms with Crippen molar-refractivity contribution in [2.24, 2.45) is 5.92 Å². The van der Waals surface area contributed by atoms with Crippen LogP contribution in [0, 0.1) is 5.92 Å². The van der Waals surface area contributed by atoms with Crippen LogP contribution >= 0.6 is 0 Å². The van der Waals surface area contributed by atoms with Gasteiger partial charge < -0.3 is 4.90 Å². The first-order valence-corrected chi connectivity index (χ1v) is 3.53. The van der Waals surface area contributed by atoms with Crippen molar-refractivity contribution >= 4 is 0 Å². The quantitative estimate of drug-likeness (QED) is 0.479. The van der Waals surface area contributed by atoms with Gasteiger partial charge in [0.15, 0.2) is 0 Å². The first kappa shape index (κ1) is 7.00. The summed E-state index contributed by atoms with van der Waals surface area (Å²) in [6.45, 7) is 3.81. The Kier molecular flexibility index (Phi) is 2.06. The smallest absolute Gasteiger partial charge is 0.105 e. The number of alkyl halides is 1. The molecule has 2 unspecified atom stereocenters. The molecule has 1 nitrogen and oxygen atoms in total. The van der Waals surface area contributed by atoms with E-state index in [-0.39, 0.29) is 5.92 Å². The maximum Gasteiger partial charge on any atom is 0.105 e. The van der Waals surface area contributed by atoms with Crippen molar-refractivity contribution in [3.8, 4) is 0 Å². The van der Waals surface area contributed by atoms with Crippen molar-refractivity contribution in [2.75, 3.05) is 20.1 Å². The lowest BCUT2D eigenvalue weighted by Crippen LogP contribution is -2.37. The summed E-state index contributed by atoms with van der Waals surface area (Å²) < 4.78 is 12.7. The topological polar surface area (TPSA) is 3.24 Å². The Hall–Kier alpha value is -0.110. The van der Waals surface area contributed by atoms with Gasteiger partial charge in [0.25, 0.3) is 0 Å². The van der Waals surface area contributed by atoms with Crippen LogP contribution in [0.1, 0.15) is 13.3 Å². The Bertz CT molecular complexity index is 94.9. The molecule has 2 heteroatoms. The summed E-state index contributed by atoms with van der Waals surface area (Å²) in [6.07, 6.45) is 0.165. The molecule has 1 fully saturated rings. The lowest BCUT2D eigenvalue weighted by molar-refractivity contribution is 0.116. The molecule has 0 bridgehead atoms. The van der Waals surface area contributed by atoms with Gasteiger partial charge in [-0.05, 0) is 13.5 Å². The van der Waals surface area contributed by atoms with Gasteiger partial charge in [0, 0.05) is 19.0 Å². The number of hydrogen-bond donors (Lipinski definition) is 0. The first-order valence-electron chi connectivity index (χ1n) is 3.53. The molecule has 0 aromatic heterocycles. The maximum absolute atomic E-state index is 12.7. The molecule has 0 aliphatic carbocycles. The molecule has 0 amide bonds. The van der Waals surface area contributed by atoms with E-state index in [1.54, 1.807) is 0 Å². The zero-order valence-electron chi connectivity index (χ0n) is 6.10. The monoisotopic (exact) mass is 131 g/mol. The Balaban J connectivity index is 2.35. The molecule has 1 rings (SSSR count). The average molecular weight is 131 g/mol. The fraction of sp³-hybridized carbons (Fsp3) is 1.00. The van der Waals surface area contributed by atoms with Gasteiger partial charge in [0.1, 0.15) is 6.17 Å². The second-order valence-corrected chi connectivity index (χ2v) is 3.04. The highest BCUT2D eigenvalue weighted by Gasteiger charge is 2.22. The average Bonchev–Trinajstić information content (AvgIpc) is 1.80. The fourth-order valence-electron chi connectivity index (χ4n) is 1.33. The molecule has 0 aromatic carbocycles. The number of piperidine rings is 1. The lowest BCUT2D eigenvalue weighted by atomic mass is 9.99. The van der Waals surface area contributed by atoms with E-state index in [0.717, 1.165) is 19.5 Å². The van der Waals surface area contributed by atoms with Crippen LogP contribution in [0.2, 0.25) is 0 Å². The summed E-state index contributed by atoms with van der Waals surface area (Å²) >= 11 is 0. The Morgan fingerprint density at radius 1 is 1.56 bits per heavy atom. The number of likely N-dealkylation sites (tertiary alicyclic amines) is 1. The fourth-order valence-corrected chi connectivity index (χ4v) is 1.33. The van der Waals surface area contributed by atoms with E-state index >= 15 is 0 Å². The Morgan fingerprint density at radius 3 is 2.67 bits per heavy atom. The zero-order valence-corrected chi connectivity index (χ0v) is 6.10. The largest absolute Gasteiger partial charge is 0.306 e. The molecule has 0 N–H and O–H groups in total. The Morgan fingerprint density at radius 2 is 2.22 bits per heavy atom. The number of halogens is 1. The summed E-state index contributed by atoms with van der Waals surface area (Å²) in [5, 5.41) is 0. The molecule has 54 valence electrons. The second-order valence-electron chi connectivity index (χ2n) is 3.04. The van der Waals surface area contributed by atoms with Crippen molar-refractivity contribution < 1.29 is 4.39 Å². The van der Waals surface area contributed by atoms with E-state index in [0.29, 0.717) is 0 Å². The van der Waals surface area contributed by atoms with E-state index in [4.69, 9.17) is 0 Å². The van der Waals surface area contributed by atoms with Crippen molar-refractivity contribution in [3.63, 3.8) is 0 Å². The van der Waals surface area contributed by atoms with Crippen LogP contribution in [0.4, 0.5) is 4.39 Å². The predicted molar refractivity (Wildman–Crippen MR) is 36.2 cm³/mol. The van der Waals surface area contributed by atoms with E-state index in [2.05, 4.69) is 4.90 Å². The molecule has 1 heterocycles. The molecule has 2 atom stereocenters. The summed E-state index contributed by atoms with van der Waals surface area (Å²) in [7, 11) is 2.04. The number of nitrogens with zero attached hydrogens (tertiary/aromatic N) is 1. The van der Waals surface area contributed by atoms with Crippen molar-refractivity contribution in [2.45, 2.75) is 19.5 Å². The molecule has 1 aliphatic heterocycles. The van der Waals surface area contributed by atoms with Crippen LogP contribution < -0.4 is 0 Å². The van der Waals surface area contributed by atoms with Crippen LogP contribution in [0.5, 0.6) is 0 Å². The molecular weight excluding hydrogens is 117 g/mol. The summed E-state index contributed by atoms with van der Waals surface area (Å²) in [6, 6.07) is 0. The normalized spacial score (nSPS) is 39.0. The van der Waals surface area contributed by atoms with Gasteiger partial charge in [-0.15, -0.1) is 0 Å². The number of rotatable bonds is 0. The van der Waals surface area contributed by atoms with Crippen LogP contribution in [0.15, 0.2) is 0 Å². The maximum atomic E-state index is 12.7. The first-order chi connectivity index (χ1) is 4.20. The van der Waals surface area contributed by atoms with Gasteiger partial charge in [-0.1, -0.05) is 6.92 Å². The molecular formula is C7H14FN. The van der Waals surface area contributed by atoms with Gasteiger partial charge >= 0.3 is 0 Å². The van der Waals surface area contributed by atoms with Gasteiger partial charge in [0.05, 0.1) is 0 Å². The van der Waals surface area contributed by atoms with Crippen molar-refractivity contribution in [3.05, 3.63) is 0 Å². The SMILES string of the molecule is CC1CN(C)CCC1F. The van der Waals surface area contributed by atoms with E-state index < -0.39 is 6.17 Å². The van der Waals surface area contributed by atoms with Crippen LogP contribution in [0.25, 0.3) is 0 Å². The molecule has 0 radical (unpaired) electrons. The third kappa shape index (κ3) is 1.65. The minimum atomic E-state index is -0.554. The van der Waals surface area contributed by atoms with Gasteiger partial charge in [0.2, 0.25) is 0 Å². The van der Waals surface area contributed by atoms with E-state index in [9.17, 15) is 4.39 Å². The second kappa shape index (κ2) is 2.65. The molecule has 0 spiro atoms. The third-order valence-electron chi connectivity index (χ3n) is 2.00. The highest BCUT2D eigenvalue weighted by atomic mass is 19.1. The van der Waals surface area contributed by atoms with E-state index in [1.165, 1.54) is 0 Å². The van der Waals surface area contributed by atoms with Gasteiger partial charge in [-0.2, -0.15) is 0 Å². The van der Waals surface area contributed by atoms with Crippen LogP contribution in [-0.2, 0) is 0 Å². The summed E-state index contributed by atoms with van der Waals surface area (Å²) in [4.78, 5) is 2.18. The highest BCUT2D eigenvalue weighted by molar-refractivity contribution is 4.74. The minimum Gasteiger partial charge on any atom is -0.306 e. The standard InChI is InChI=1S/C7H14FN/c1-6-5-9(2)4-3-7(6)8/h6-7H,3-5H2,1-2H3. The molecule has 0 saturated carbocycles. The molecule has 1 aliphatic rings. The van der Waals surface area contributed by atoms with Crippen molar-refractivity contribution in [1.29, 1.82) is 0 Å². The van der Waals surface area contributed by atoms with Crippen LogP contribution in [-0.4, -0.2) is 31.2 Å². The molecule has 9 heavy (non-hydrogen) atoms. The predicted octanol–water partition coefficient (Wildman–Crippen LogP) is 1.30. The summed E-state index contributed by atoms with van der Waals surface area (Å²) in [5.41, 5.74) is 0. The van der Waals surface area contributed by atoms with Crippen molar-refractivity contribution in [1.82, 2.24) is 4.90 Å². The molecule has 1 saturated heterocycles. The summed E-state index contributed by atoms with van der Waals surface area (Å²) in [5.74, 6) is 0.240. The van der Waals surface area contributed by atoms with Gasteiger partial charge in [-0.3, -0.25) is 0 Å². The van der Waals surface area contributed by atoms with E-state index in [1.807, 2.05) is 14.0 Å². The lowest BCUT2D eigenvalue weighted by Gasteiger charge is -2.29. The van der Waals surface area contributed by atoms with Gasteiger partial charge in [-0.25, -0.2) is 4.39 Å².